The van der Waals surface area contributed by atoms with E-state index in [1.807, 2.05) is 11.3 Å². The van der Waals surface area contributed by atoms with Crippen molar-refractivity contribution in [3.05, 3.63) is 22.4 Å². The van der Waals surface area contributed by atoms with Crippen LogP contribution in [-0.4, -0.2) is 29.1 Å². The van der Waals surface area contributed by atoms with Gasteiger partial charge in [-0.2, -0.15) is 0 Å². The molecule has 0 amide bonds. The standard InChI is InChI=1S/C17H30N2S/c1-13(11-18-17(3,4)5)14(2)19(15-8-9-15)12-16-7-6-10-20-16/h6-7,10,13-15,18H,8-9,11-12H2,1-5H3. The van der Waals surface area contributed by atoms with Crippen molar-refractivity contribution >= 4 is 11.3 Å². The van der Waals surface area contributed by atoms with Crippen LogP contribution in [-0.2, 0) is 6.54 Å². The molecule has 0 radical (unpaired) electrons. The first kappa shape index (κ1) is 16.0. The van der Waals surface area contributed by atoms with Crippen LogP contribution in [0.25, 0.3) is 0 Å². The van der Waals surface area contributed by atoms with Crippen molar-refractivity contribution in [1.82, 2.24) is 10.2 Å². The molecule has 0 aromatic carbocycles. The minimum Gasteiger partial charge on any atom is -0.312 e. The number of hydrogen-bond donors (Lipinski definition) is 1. The molecule has 1 aromatic rings. The number of nitrogens with zero attached hydrogens (tertiary/aromatic N) is 1. The molecule has 0 aliphatic heterocycles. The van der Waals surface area contributed by atoms with Gasteiger partial charge in [0.1, 0.15) is 0 Å². The Kier molecular flexibility index (Phi) is 5.27. The summed E-state index contributed by atoms with van der Waals surface area (Å²) in [5.41, 5.74) is 0.214. The van der Waals surface area contributed by atoms with E-state index in [1.165, 1.54) is 17.7 Å². The summed E-state index contributed by atoms with van der Waals surface area (Å²) in [4.78, 5) is 4.22. The van der Waals surface area contributed by atoms with Crippen LogP contribution in [0.4, 0.5) is 0 Å². The van der Waals surface area contributed by atoms with E-state index in [-0.39, 0.29) is 5.54 Å². The summed E-state index contributed by atoms with van der Waals surface area (Å²) < 4.78 is 0. The molecule has 1 N–H and O–H groups in total. The Morgan fingerprint density at radius 3 is 2.55 bits per heavy atom. The molecule has 114 valence electrons. The van der Waals surface area contributed by atoms with Crippen LogP contribution in [0.5, 0.6) is 0 Å². The minimum absolute atomic E-state index is 0.214. The molecule has 1 fully saturated rings. The van der Waals surface area contributed by atoms with E-state index in [4.69, 9.17) is 0 Å². The molecule has 1 aliphatic carbocycles. The lowest BCUT2D eigenvalue weighted by molar-refractivity contribution is 0.139. The molecule has 1 heterocycles. The van der Waals surface area contributed by atoms with Gasteiger partial charge in [-0.3, -0.25) is 4.90 Å². The molecule has 1 aliphatic rings. The fourth-order valence-corrected chi connectivity index (χ4v) is 3.27. The summed E-state index contributed by atoms with van der Waals surface area (Å²) >= 11 is 1.89. The molecule has 2 rings (SSSR count). The Balaban J connectivity index is 1.91. The first-order valence-electron chi connectivity index (χ1n) is 7.90. The van der Waals surface area contributed by atoms with Crippen LogP contribution < -0.4 is 5.32 Å². The van der Waals surface area contributed by atoms with Crippen LogP contribution in [0.2, 0.25) is 0 Å². The first-order valence-corrected chi connectivity index (χ1v) is 8.78. The second-order valence-electron chi connectivity index (χ2n) is 7.33. The Morgan fingerprint density at radius 2 is 2.05 bits per heavy atom. The normalized spacial score (nSPS) is 19.3. The fourth-order valence-electron chi connectivity index (χ4n) is 2.56. The molecule has 0 spiro atoms. The third-order valence-corrected chi connectivity index (χ3v) is 5.10. The van der Waals surface area contributed by atoms with Crippen molar-refractivity contribution in [2.75, 3.05) is 6.54 Å². The molecule has 1 saturated carbocycles. The smallest absolute Gasteiger partial charge is 0.0333 e. The van der Waals surface area contributed by atoms with Crippen LogP contribution in [0.15, 0.2) is 17.5 Å². The maximum atomic E-state index is 3.65. The van der Waals surface area contributed by atoms with E-state index in [0.717, 1.165) is 19.1 Å². The molecule has 0 saturated heterocycles. The summed E-state index contributed by atoms with van der Waals surface area (Å²) in [5, 5.41) is 5.84. The highest BCUT2D eigenvalue weighted by Gasteiger charge is 2.34. The van der Waals surface area contributed by atoms with Crippen LogP contribution >= 0.6 is 11.3 Å². The summed E-state index contributed by atoms with van der Waals surface area (Å²) in [5.74, 6) is 0.676. The van der Waals surface area contributed by atoms with Gasteiger partial charge in [-0.25, -0.2) is 0 Å². The highest BCUT2D eigenvalue weighted by molar-refractivity contribution is 7.09. The highest BCUT2D eigenvalue weighted by Crippen LogP contribution is 2.32. The van der Waals surface area contributed by atoms with E-state index >= 15 is 0 Å². The van der Waals surface area contributed by atoms with Crippen LogP contribution in [0.1, 0.15) is 52.3 Å². The second-order valence-corrected chi connectivity index (χ2v) is 8.36. The maximum absolute atomic E-state index is 3.65. The highest BCUT2D eigenvalue weighted by atomic mass is 32.1. The molecular weight excluding hydrogens is 264 g/mol. The summed E-state index contributed by atoms with van der Waals surface area (Å²) in [6.45, 7) is 13.7. The van der Waals surface area contributed by atoms with Gasteiger partial charge in [-0.05, 0) is 64.4 Å². The van der Waals surface area contributed by atoms with Crippen molar-refractivity contribution in [3.63, 3.8) is 0 Å². The van der Waals surface area contributed by atoms with Crippen LogP contribution in [0, 0.1) is 5.92 Å². The lowest BCUT2D eigenvalue weighted by Crippen LogP contribution is -2.45. The topological polar surface area (TPSA) is 15.3 Å². The average molecular weight is 295 g/mol. The van der Waals surface area contributed by atoms with Gasteiger partial charge in [-0.1, -0.05) is 13.0 Å². The zero-order valence-corrected chi connectivity index (χ0v) is 14.5. The lowest BCUT2D eigenvalue weighted by Gasteiger charge is -2.34. The van der Waals surface area contributed by atoms with Gasteiger partial charge in [0.25, 0.3) is 0 Å². The second kappa shape index (κ2) is 6.59. The third kappa shape index (κ3) is 4.87. The summed E-state index contributed by atoms with van der Waals surface area (Å²) in [6, 6.07) is 5.90. The zero-order valence-electron chi connectivity index (χ0n) is 13.6. The Morgan fingerprint density at radius 1 is 1.35 bits per heavy atom. The molecule has 2 unspecified atom stereocenters. The van der Waals surface area contributed by atoms with Crippen LogP contribution in [0.3, 0.4) is 0 Å². The monoisotopic (exact) mass is 294 g/mol. The Labute approximate surface area is 128 Å². The molecule has 0 bridgehead atoms. The lowest BCUT2D eigenvalue weighted by atomic mass is 9.99. The zero-order chi connectivity index (χ0) is 14.8. The molecule has 1 aromatic heterocycles. The van der Waals surface area contributed by atoms with Gasteiger partial charge in [0.2, 0.25) is 0 Å². The number of hydrogen-bond acceptors (Lipinski definition) is 3. The van der Waals surface area contributed by atoms with Gasteiger partial charge in [0.05, 0.1) is 0 Å². The van der Waals surface area contributed by atoms with Crippen molar-refractivity contribution in [1.29, 1.82) is 0 Å². The van der Waals surface area contributed by atoms with E-state index in [2.05, 4.69) is 62.3 Å². The number of rotatable bonds is 7. The van der Waals surface area contributed by atoms with E-state index < -0.39 is 0 Å². The van der Waals surface area contributed by atoms with E-state index in [1.54, 1.807) is 0 Å². The molecule has 3 heteroatoms. The average Bonchev–Trinajstić information content (AvgIpc) is 3.08. The van der Waals surface area contributed by atoms with Gasteiger partial charge in [0, 0.05) is 29.0 Å². The summed E-state index contributed by atoms with van der Waals surface area (Å²) in [6.07, 6.45) is 2.77. The van der Waals surface area contributed by atoms with E-state index in [0.29, 0.717) is 12.0 Å². The van der Waals surface area contributed by atoms with Gasteiger partial charge in [-0.15, -0.1) is 11.3 Å². The van der Waals surface area contributed by atoms with Crippen molar-refractivity contribution < 1.29 is 0 Å². The SMILES string of the molecule is CC(CNC(C)(C)C)C(C)N(Cc1cccs1)C1CC1. The van der Waals surface area contributed by atoms with Gasteiger partial charge >= 0.3 is 0 Å². The third-order valence-electron chi connectivity index (χ3n) is 4.24. The fraction of sp³-hybridized carbons (Fsp3) is 0.765. The first-order chi connectivity index (χ1) is 9.37. The van der Waals surface area contributed by atoms with E-state index in [9.17, 15) is 0 Å². The van der Waals surface area contributed by atoms with Gasteiger partial charge in [0.15, 0.2) is 0 Å². The van der Waals surface area contributed by atoms with Gasteiger partial charge < -0.3 is 5.32 Å². The predicted octanol–water partition coefficient (Wildman–Crippen LogP) is 4.13. The number of thiophene rings is 1. The molecule has 20 heavy (non-hydrogen) atoms. The Hall–Kier alpha value is -0.380. The molecule has 2 nitrogen and oxygen atoms in total. The van der Waals surface area contributed by atoms with Crippen molar-refractivity contribution in [3.8, 4) is 0 Å². The quantitative estimate of drug-likeness (QED) is 0.813. The maximum Gasteiger partial charge on any atom is 0.0333 e. The van der Waals surface area contributed by atoms with Crippen molar-refractivity contribution in [2.24, 2.45) is 5.92 Å². The van der Waals surface area contributed by atoms with Crippen molar-refractivity contribution in [2.45, 2.75) is 71.6 Å². The predicted molar refractivity (Wildman–Crippen MR) is 89.3 cm³/mol. The molecular formula is C17H30N2S. The molecule has 2 atom stereocenters. The number of nitrogens with one attached hydrogen (secondary N) is 1. The largest absolute Gasteiger partial charge is 0.312 e. The summed E-state index contributed by atoms with van der Waals surface area (Å²) in [7, 11) is 0. The minimum atomic E-state index is 0.214. The Bertz CT molecular complexity index is 390.